The Hall–Kier alpha value is -2.08. The van der Waals surface area contributed by atoms with Crippen molar-refractivity contribution in [3.63, 3.8) is 0 Å². The molecule has 116 valence electrons. The maximum atomic E-state index is 11.8. The lowest BCUT2D eigenvalue weighted by Crippen LogP contribution is -2.43. The molecular weight excluding hydrogens is 274 g/mol. The van der Waals surface area contributed by atoms with Crippen LogP contribution in [0.3, 0.4) is 0 Å². The van der Waals surface area contributed by atoms with Crippen LogP contribution in [0, 0.1) is 5.41 Å². The van der Waals surface area contributed by atoms with E-state index in [1.807, 2.05) is 0 Å². The van der Waals surface area contributed by atoms with Gasteiger partial charge < -0.3 is 15.1 Å². The third-order valence-electron chi connectivity index (χ3n) is 2.93. The predicted molar refractivity (Wildman–Crippen MR) is 76.5 cm³/mol. The van der Waals surface area contributed by atoms with Crippen LogP contribution in [0.15, 0.2) is 24.3 Å². The summed E-state index contributed by atoms with van der Waals surface area (Å²) in [5, 5.41) is 19.6. The first-order chi connectivity index (χ1) is 9.61. The number of carbonyl (C=O) groups excluding carboxylic acids is 1. The smallest absolute Gasteiger partial charge is 0.330 e. The summed E-state index contributed by atoms with van der Waals surface area (Å²) < 4.78 is 0. The molecule has 6 heteroatoms. The van der Waals surface area contributed by atoms with E-state index in [0.29, 0.717) is 0 Å². The summed E-state index contributed by atoms with van der Waals surface area (Å²) >= 11 is 0. The van der Waals surface area contributed by atoms with Crippen LogP contribution in [0.5, 0.6) is 5.75 Å². The standard InChI is InChI=1S/C15H21NO5/c1-15(2,3)14(20)21-16(4)12(13(18)19)9-10-5-7-11(17)8-6-10/h5-8,12,17H,9H2,1-4H3,(H,18,19)/t12-/m0/s1. The molecule has 0 aliphatic heterocycles. The normalized spacial score (nSPS) is 13.0. The Balaban J connectivity index is 2.79. The third-order valence-corrected chi connectivity index (χ3v) is 2.93. The van der Waals surface area contributed by atoms with Crippen LogP contribution in [0.25, 0.3) is 0 Å². The second-order valence-corrected chi connectivity index (χ2v) is 5.90. The Morgan fingerprint density at radius 3 is 2.19 bits per heavy atom. The van der Waals surface area contributed by atoms with E-state index < -0.39 is 23.4 Å². The molecule has 0 aliphatic carbocycles. The molecule has 21 heavy (non-hydrogen) atoms. The largest absolute Gasteiger partial charge is 0.508 e. The van der Waals surface area contributed by atoms with Crippen molar-refractivity contribution in [3.8, 4) is 5.75 Å². The van der Waals surface area contributed by atoms with Crippen molar-refractivity contribution in [2.75, 3.05) is 7.05 Å². The molecule has 1 atom stereocenters. The van der Waals surface area contributed by atoms with Gasteiger partial charge in [-0.15, -0.1) is 5.06 Å². The fraction of sp³-hybridized carbons (Fsp3) is 0.467. The highest BCUT2D eigenvalue weighted by Gasteiger charge is 2.30. The number of carboxylic acid groups (broad SMARTS) is 1. The van der Waals surface area contributed by atoms with Gasteiger partial charge >= 0.3 is 11.9 Å². The predicted octanol–water partition coefficient (Wildman–Crippen LogP) is 1.82. The summed E-state index contributed by atoms with van der Waals surface area (Å²) in [7, 11) is 1.42. The minimum atomic E-state index is -1.09. The molecule has 0 aliphatic rings. The Kier molecular flexibility index (Phi) is 5.32. The van der Waals surface area contributed by atoms with Gasteiger partial charge in [0.1, 0.15) is 11.8 Å². The van der Waals surface area contributed by atoms with Gasteiger partial charge in [0.25, 0.3) is 0 Å². The number of benzene rings is 1. The molecule has 0 spiro atoms. The van der Waals surface area contributed by atoms with Crippen molar-refractivity contribution in [2.45, 2.75) is 33.2 Å². The molecule has 0 saturated carbocycles. The topological polar surface area (TPSA) is 87.1 Å². The van der Waals surface area contributed by atoms with E-state index in [2.05, 4.69) is 0 Å². The van der Waals surface area contributed by atoms with E-state index in [1.54, 1.807) is 32.9 Å². The fourth-order valence-electron chi connectivity index (χ4n) is 1.56. The Bertz CT molecular complexity index is 504. The van der Waals surface area contributed by atoms with Crippen molar-refractivity contribution in [1.29, 1.82) is 0 Å². The van der Waals surface area contributed by atoms with E-state index in [-0.39, 0.29) is 12.2 Å². The van der Waals surface area contributed by atoms with Crippen molar-refractivity contribution in [1.82, 2.24) is 5.06 Å². The molecule has 0 saturated heterocycles. The van der Waals surface area contributed by atoms with Crippen molar-refractivity contribution < 1.29 is 24.6 Å². The molecule has 1 rings (SSSR count). The Labute approximate surface area is 123 Å². The van der Waals surface area contributed by atoms with Crippen LogP contribution in [0.1, 0.15) is 26.3 Å². The lowest BCUT2D eigenvalue weighted by molar-refractivity contribution is -0.207. The van der Waals surface area contributed by atoms with Gasteiger partial charge in [0.15, 0.2) is 0 Å². The molecule has 6 nitrogen and oxygen atoms in total. The summed E-state index contributed by atoms with van der Waals surface area (Å²) in [6.07, 6.45) is 0.156. The SMILES string of the molecule is CN(OC(=O)C(C)(C)C)[C@@H](Cc1ccc(O)cc1)C(=O)O. The zero-order chi connectivity index (χ0) is 16.2. The van der Waals surface area contributed by atoms with Gasteiger partial charge in [0.2, 0.25) is 0 Å². The highest BCUT2D eigenvalue weighted by Crippen LogP contribution is 2.18. The number of carbonyl (C=O) groups is 2. The third kappa shape index (κ3) is 5.07. The first-order valence-corrected chi connectivity index (χ1v) is 6.57. The van der Waals surface area contributed by atoms with Gasteiger partial charge in [-0.05, 0) is 38.5 Å². The first-order valence-electron chi connectivity index (χ1n) is 6.57. The number of aromatic hydroxyl groups is 1. The maximum Gasteiger partial charge on any atom is 0.330 e. The van der Waals surface area contributed by atoms with Crippen LogP contribution < -0.4 is 0 Å². The fourth-order valence-corrected chi connectivity index (χ4v) is 1.56. The minimum Gasteiger partial charge on any atom is -0.508 e. The molecule has 0 amide bonds. The molecule has 0 fully saturated rings. The zero-order valence-electron chi connectivity index (χ0n) is 12.7. The van der Waals surface area contributed by atoms with Crippen molar-refractivity contribution in [3.05, 3.63) is 29.8 Å². The molecule has 2 N–H and O–H groups in total. The molecule has 0 aromatic heterocycles. The molecule has 1 aromatic rings. The minimum absolute atomic E-state index is 0.109. The number of aliphatic carboxylic acids is 1. The number of hydrogen-bond donors (Lipinski definition) is 2. The van der Waals surface area contributed by atoms with Gasteiger partial charge in [-0.1, -0.05) is 12.1 Å². The summed E-state index contributed by atoms with van der Waals surface area (Å²) in [5.74, 6) is -1.48. The lowest BCUT2D eigenvalue weighted by atomic mass is 9.98. The van der Waals surface area contributed by atoms with Crippen LogP contribution in [0.2, 0.25) is 0 Å². The number of hydroxylamine groups is 2. The number of likely N-dealkylation sites (N-methyl/N-ethyl adjacent to an activating group) is 1. The highest BCUT2D eigenvalue weighted by atomic mass is 16.7. The number of carboxylic acids is 1. The maximum absolute atomic E-state index is 11.8. The lowest BCUT2D eigenvalue weighted by Gasteiger charge is -2.26. The van der Waals surface area contributed by atoms with E-state index >= 15 is 0 Å². The molecule has 0 radical (unpaired) electrons. The average molecular weight is 295 g/mol. The van der Waals surface area contributed by atoms with Gasteiger partial charge in [-0.3, -0.25) is 4.79 Å². The van der Waals surface area contributed by atoms with Crippen LogP contribution in [-0.4, -0.2) is 40.3 Å². The summed E-state index contributed by atoms with van der Waals surface area (Å²) in [5.41, 5.74) is 0.00871. The van der Waals surface area contributed by atoms with Crippen LogP contribution in [-0.2, 0) is 20.8 Å². The second-order valence-electron chi connectivity index (χ2n) is 5.90. The quantitative estimate of drug-likeness (QED) is 0.806. The highest BCUT2D eigenvalue weighted by molar-refractivity contribution is 5.76. The van der Waals surface area contributed by atoms with Crippen molar-refractivity contribution in [2.24, 2.45) is 5.41 Å². The monoisotopic (exact) mass is 295 g/mol. The first kappa shape index (κ1) is 17.0. The number of rotatable bonds is 5. The number of hydrogen-bond acceptors (Lipinski definition) is 5. The molecular formula is C15H21NO5. The summed E-state index contributed by atoms with van der Waals surface area (Å²) in [4.78, 5) is 28.3. The Morgan fingerprint density at radius 1 is 1.24 bits per heavy atom. The van der Waals surface area contributed by atoms with Crippen LogP contribution in [0.4, 0.5) is 0 Å². The van der Waals surface area contributed by atoms with Crippen molar-refractivity contribution >= 4 is 11.9 Å². The van der Waals surface area contributed by atoms with Gasteiger partial charge in [-0.2, -0.15) is 0 Å². The van der Waals surface area contributed by atoms with E-state index in [1.165, 1.54) is 19.2 Å². The van der Waals surface area contributed by atoms with E-state index in [9.17, 15) is 19.8 Å². The van der Waals surface area contributed by atoms with Gasteiger partial charge in [0, 0.05) is 13.5 Å². The summed E-state index contributed by atoms with van der Waals surface area (Å²) in [6, 6.07) is 5.22. The zero-order valence-corrected chi connectivity index (χ0v) is 12.7. The average Bonchev–Trinajstić information content (AvgIpc) is 2.36. The number of phenols is 1. The Morgan fingerprint density at radius 2 is 1.76 bits per heavy atom. The molecule has 0 bridgehead atoms. The molecule has 0 unspecified atom stereocenters. The molecule has 1 aromatic carbocycles. The summed E-state index contributed by atoms with van der Waals surface area (Å²) in [6.45, 7) is 5.08. The van der Waals surface area contributed by atoms with Crippen LogP contribution >= 0.6 is 0 Å². The van der Waals surface area contributed by atoms with E-state index in [4.69, 9.17) is 4.84 Å². The van der Waals surface area contributed by atoms with Gasteiger partial charge in [-0.25, -0.2) is 4.79 Å². The van der Waals surface area contributed by atoms with E-state index in [0.717, 1.165) is 10.6 Å². The number of nitrogens with zero attached hydrogens (tertiary/aromatic N) is 1. The molecule has 0 heterocycles. The number of phenolic OH excluding ortho intramolecular Hbond substituents is 1. The second kappa shape index (κ2) is 6.58. The van der Waals surface area contributed by atoms with Gasteiger partial charge in [0.05, 0.1) is 5.41 Å².